The number of benzene rings is 3. The van der Waals surface area contributed by atoms with E-state index >= 15 is 0 Å². The van der Waals surface area contributed by atoms with Gasteiger partial charge in [0.05, 0.1) is 29.1 Å². The van der Waals surface area contributed by atoms with Gasteiger partial charge >= 0.3 is 5.97 Å². The third kappa shape index (κ3) is 4.58. The van der Waals surface area contributed by atoms with Crippen molar-refractivity contribution in [3.05, 3.63) is 132 Å². The topological polar surface area (TPSA) is 70.2 Å². The minimum atomic E-state index is -0.320. The zero-order valence-corrected chi connectivity index (χ0v) is 22.7. The summed E-state index contributed by atoms with van der Waals surface area (Å²) in [5.74, 6) is 0.467. The first-order valence-electron chi connectivity index (χ1n) is 13.4. The van der Waals surface area contributed by atoms with Gasteiger partial charge in [-0.05, 0) is 67.8 Å². The average molecular weight is 528 g/mol. The highest BCUT2D eigenvalue weighted by Crippen LogP contribution is 2.39. The van der Waals surface area contributed by atoms with E-state index in [-0.39, 0.29) is 12.0 Å². The maximum atomic E-state index is 12.3. The van der Waals surface area contributed by atoms with Crippen LogP contribution in [0.3, 0.4) is 0 Å². The third-order valence-electron chi connectivity index (χ3n) is 7.22. The molecule has 1 atom stereocenters. The molecule has 0 radical (unpaired) electrons. The van der Waals surface area contributed by atoms with Crippen molar-refractivity contribution >= 4 is 16.9 Å². The number of fused-ring (bicyclic) bond motifs is 1. The SMILES string of the molecule is CCOC(=O)c1ccc(-c2cn(C(c3ccccc3)c3ccccn3)c3cc(-c4c(C)noc4C)ccc23)cc1. The van der Waals surface area contributed by atoms with E-state index in [9.17, 15) is 4.79 Å². The number of nitrogens with zero attached hydrogens (tertiary/aromatic N) is 3. The van der Waals surface area contributed by atoms with Crippen molar-refractivity contribution in [1.82, 2.24) is 14.7 Å². The monoisotopic (exact) mass is 527 g/mol. The number of ether oxygens (including phenoxy) is 1. The molecule has 40 heavy (non-hydrogen) atoms. The van der Waals surface area contributed by atoms with E-state index < -0.39 is 0 Å². The van der Waals surface area contributed by atoms with E-state index in [0.29, 0.717) is 12.2 Å². The molecule has 6 rings (SSSR count). The molecule has 3 aromatic carbocycles. The van der Waals surface area contributed by atoms with Gasteiger partial charge in [0.25, 0.3) is 0 Å². The van der Waals surface area contributed by atoms with E-state index in [0.717, 1.165) is 55.9 Å². The molecule has 6 heteroatoms. The number of rotatable bonds is 7. The molecule has 0 saturated carbocycles. The lowest BCUT2D eigenvalue weighted by atomic mass is 9.99. The quantitative estimate of drug-likeness (QED) is 0.198. The fourth-order valence-corrected chi connectivity index (χ4v) is 5.39. The van der Waals surface area contributed by atoms with Crippen LogP contribution in [0.4, 0.5) is 0 Å². The maximum Gasteiger partial charge on any atom is 0.338 e. The summed E-state index contributed by atoms with van der Waals surface area (Å²) < 4.78 is 13.0. The summed E-state index contributed by atoms with van der Waals surface area (Å²) in [6.07, 6.45) is 4.02. The second-order valence-corrected chi connectivity index (χ2v) is 9.75. The van der Waals surface area contributed by atoms with Gasteiger partial charge in [0.1, 0.15) is 11.8 Å². The first-order chi connectivity index (χ1) is 19.5. The van der Waals surface area contributed by atoms with E-state index in [1.807, 2.05) is 69.4 Å². The van der Waals surface area contributed by atoms with Crippen molar-refractivity contribution in [2.75, 3.05) is 6.61 Å². The second-order valence-electron chi connectivity index (χ2n) is 9.75. The van der Waals surface area contributed by atoms with Crippen molar-refractivity contribution in [1.29, 1.82) is 0 Å². The van der Waals surface area contributed by atoms with Gasteiger partial charge in [0.2, 0.25) is 0 Å². The van der Waals surface area contributed by atoms with E-state index in [1.54, 1.807) is 0 Å². The summed E-state index contributed by atoms with van der Waals surface area (Å²) in [5, 5.41) is 5.28. The molecule has 0 fully saturated rings. The zero-order chi connectivity index (χ0) is 27.6. The Morgan fingerprint density at radius 2 is 1.68 bits per heavy atom. The van der Waals surface area contributed by atoms with Crippen molar-refractivity contribution in [3.8, 4) is 22.3 Å². The van der Waals surface area contributed by atoms with Crippen molar-refractivity contribution in [2.45, 2.75) is 26.8 Å². The van der Waals surface area contributed by atoms with Gasteiger partial charge in [-0.1, -0.05) is 65.8 Å². The van der Waals surface area contributed by atoms with Crippen LogP contribution < -0.4 is 0 Å². The second kappa shape index (κ2) is 10.7. The molecule has 0 amide bonds. The maximum absolute atomic E-state index is 12.3. The van der Waals surface area contributed by atoms with Crippen LogP contribution in [0.2, 0.25) is 0 Å². The molecule has 1 unspecified atom stereocenters. The number of aryl methyl sites for hydroxylation is 2. The molecule has 0 bridgehead atoms. The molecule has 3 heterocycles. The highest BCUT2D eigenvalue weighted by molar-refractivity contribution is 5.99. The molecular formula is C34H29N3O3. The number of carbonyl (C=O) groups excluding carboxylic acids is 1. The Labute approximate surface area is 232 Å². The standard InChI is InChI=1S/C34H29N3O3/c1-4-39-34(38)26-15-13-24(14-16-26)29-21-37(33(25-10-6-5-7-11-25)30-12-8-9-19-35-30)31-20-27(17-18-28(29)31)32-22(2)36-40-23(32)3/h5-21,33H,4H2,1-3H3. The van der Waals surface area contributed by atoms with Gasteiger partial charge in [-0.2, -0.15) is 0 Å². The number of carbonyl (C=O) groups is 1. The fourth-order valence-electron chi connectivity index (χ4n) is 5.39. The summed E-state index contributed by atoms with van der Waals surface area (Å²) in [5.41, 5.74) is 8.63. The molecule has 0 aliphatic rings. The highest BCUT2D eigenvalue weighted by Gasteiger charge is 2.23. The van der Waals surface area contributed by atoms with Crippen molar-refractivity contribution < 1.29 is 14.1 Å². The Morgan fingerprint density at radius 1 is 0.925 bits per heavy atom. The Hall–Kier alpha value is -4.97. The summed E-state index contributed by atoms with van der Waals surface area (Å²) in [4.78, 5) is 17.0. The predicted octanol–water partition coefficient (Wildman–Crippen LogP) is 7.79. The van der Waals surface area contributed by atoms with Gasteiger partial charge in [-0.15, -0.1) is 0 Å². The minimum Gasteiger partial charge on any atom is -0.462 e. The molecule has 6 nitrogen and oxygen atoms in total. The van der Waals surface area contributed by atoms with Gasteiger partial charge in [0.15, 0.2) is 0 Å². The average Bonchev–Trinajstić information content (AvgIpc) is 3.53. The van der Waals surface area contributed by atoms with E-state index in [1.165, 1.54) is 0 Å². The molecule has 0 aliphatic heterocycles. The van der Waals surface area contributed by atoms with Gasteiger partial charge in [-0.3, -0.25) is 4.98 Å². The van der Waals surface area contributed by atoms with Crippen LogP contribution in [0.5, 0.6) is 0 Å². The number of aromatic nitrogens is 3. The van der Waals surface area contributed by atoms with Crippen molar-refractivity contribution in [2.24, 2.45) is 0 Å². The Kier molecular flexibility index (Phi) is 6.74. The number of hydrogen-bond acceptors (Lipinski definition) is 5. The van der Waals surface area contributed by atoms with Crippen LogP contribution >= 0.6 is 0 Å². The fraction of sp³-hybridized carbons (Fsp3) is 0.147. The third-order valence-corrected chi connectivity index (χ3v) is 7.22. The van der Waals surface area contributed by atoms with Crippen molar-refractivity contribution in [3.63, 3.8) is 0 Å². The largest absolute Gasteiger partial charge is 0.462 e. The highest BCUT2D eigenvalue weighted by atomic mass is 16.5. The smallest absolute Gasteiger partial charge is 0.338 e. The molecule has 3 aromatic heterocycles. The van der Waals surface area contributed by atoms with E-state index in [4.69, 9.17) is 14.2 Å². The normalized spacial score (nSPS) is 12.0. The molecule has 0 N–H and O–H groups in total. The molecule has 198 valence electrons. The molecule has 0 spiro atoms. The van der Waals surface area contributed by atoms with Crippen LogP contribution in [-0.2, 0) is 4.74 Å². The minimum absolute atomic E-state index is 0.155. The Bertz CT molecular complexity index is 1730. The zero-order valence-electron chi connectivity index (χ0n) is 22.7. The van der Waals surface area contributed by atoms with Crippen LogP contribution in [0, 0.1) is 13.8 Å². The number of pyridine rings is 1. The molecule has 0 saturated heterocycles. The Balaban J connectivity index is 1.59. The van der Waals surface area contributed by atoms with Crippen LogP contribution in [-0.4, -0.2) is 27.3 Å². The molecule has 6 aromatic rings. The molecular weight excluding hydrogens is 498 g/mol. The summed E-state index contributed by atoms with van der Waals surface area (Å²) in [6, 6.07) is 30.4. The lowest BCUT2D eigenvalue weighted by molar-refractivity contribution is 0.0526. The van der Waals surface area contributed by atoms with Gasteiger partial charge in [-0.25, -0.2) is 4.79 Å². The van der Waals surface area contributed by atoms with Crippen LogP contribution in [0.25, 0.3) is 33.2 Å². The number of hydrogen-bond donors (Lipinski definition) is 0. The summed E-state index contributed by atoms with van der Waals surface area (Å²) >= 11 is 0. The molecule has 0 aliphatic carbocycles. The van der Waals surface area contributed by atoms with Gasteiger partial charge < -0.3 is 13.8 Å². The van der Waals surface area contributed by atoms with E-state index in [2.05, 4.69) is 64.5 Å². The first kappa shape index (κ1) is 25.3. The van der Waals surface area contributed by atoms with Gasteiger partial charge in [0, 0.05) is 28.9 Å². The summed E-state index contributed by atoms with van der Waals surface area (Å²) in [7, 11) is 0. The van der Waals surface area contributed by atoms with Crippen LogP contribution in [0.1, 0.15) is 46.0 Å². The lowest BCUT2D eigenvalue weighted by Crippen LogP contribution is -2.12. The predicted molar refractivity (Wildman–Crippen MR) is 156 cm³/mol. The van der Waals surface area contributed by atoms with Crippen LogP contribution in [0.15, 0.2) is 108 Å². The lowest BCUT2D eigenvalue weighted by Gasteiger charge is -2.21. The Morgan fingerprint density at radius 3 is 2.35 bits per heavy atom. The summed E-state index contributed by atoms with van der Waals surface area (Å²) in [6.45, 7) is 6.06. The first-order valence-corrected chi connectivity index (χ1v) is 13.4. The number of esters is 1.